The van der Waals surface area contributed by atoms with Gasteiger partial charge in [-0.05, 0) is 44.9 Å². The number of carbonyl (C=O) groups excluding carboxylic acids is 2. The number of nitrogens with one attached hydrogen (secondary N) is 1. The minimum absolute atomic E-state index is 0.00402. The van der Waals surface area contributed by atoms with Crippen LogP contribution in [0, 0.1) is 0 Å². The van der Waals surface area contributed by atoms with Crippen molar-refractivity contribution in [2.75, 3.05) is 13.2 Å². The highest BCUT2D eigenvalue weighted by Crippen LogP contribution is 2.16. The van der Waals surface area contributed by atoms with Crippen LogP contribution in [0.4, 0.5) is 0 Å². The van der Waals surface area contributed by atoms with E-state index in [0.717, 1.165) is 44.9 Å². The number of esters is 1. The van der Waals surface area contributed by atoms with Crippen molar-refractivity contribution in [3.8, 4) is 0 Å². The Morgan fingerprint density at radius 1 is 0.482 bits per heavy atom. The van der Waals surface area contributed by atoms with Gasteiger partial charge in [-0.3, -0.25) is 9.59 Å². The molecule has 6 nitrogen and oxygen atoms in total. The summed E-state index contributed by atoms with van der Waals surface area (Å²) in [5, 5.41) is 23.1. The SMILES string of the molecule is CCCC/C=C\CCCCCCCC(=O)OCCCCCCCCCCCCCCCCCCCCC(=O)NC(CO)C(O)CCCCCCCCCCCC. The zero-order valence-electron chi connectivity index (χ0n) is 37.6. The molecule has 3 N–H and O–H groups in total. The quantitative estimate of drug-likeness (QED) is 0.0324. The Bertz CT molecular complexity index is 832. The van der Waals surface area contributed by atoms with Crippen LogP contribution >= 0.6 is 0 Å². The van der Waals surface area contributed by atoms with E-state index in [4.69, 9.17) is 4.74 Å². The van der Waals surface area contributed by atoms with Gasteiger partial charge < -0.3 is 20.3 Å². The van der Waals surface area contributed by atoms with Crippen LogP contribution in [0.1, 0.15) is 271 Å². The molecule has 0 aromatic carbocycles. The molecule has 0 aliphatic heterocycles. The molecular weight excluding hydrogens is 695 g/mol. The predicted molar refractivity (Wildman–Crippen MR) is 241 cm³/mol. The summed E-state index contributed by atoms with van der Waals surface area (Å²) in [6.07, 6.45) is 51.8. The second kappa shape index (κ2) is 46.3. The van der Waals surface area contributed by atoms with E-state index in [0.29, 0.717) is 25.9 Å². The third kappa shape index (κ3) is 42.2. The summed E-state index contributed by atoms with van der Waals surface area (Å²) in [4.78, 5) is 24.3. The third-order valence-electron chi connectivity index (χ3n) is 11.6. The maximum atomic E-state index is 12.4. The molecule has 6 heteroatoms. The molecule has 0 rings (SSSR count). The number of unbranched alkanes of at least 4 members (excludes halogenated alkanes) is 33. The monoisotopic (exact) mass is 792 g/mol. The van der Waals surface area contributed by atoms with Gasteiger partial charge in [0.2, 0.25) is 5.91 Å². The average Bonchev–Trinajstić information content (AvgIpc) is 3.20. The smallest absolute Gasteiger partial charge is 0.305 e. The Hall–Kier alpha value is -1.40. The Balaban J connectivity index is 3.39. The molecule has 2 unspecified atom stereocenters. The van der Waals surface area contributed by atoms with Crippen molar-refractivity contribution in [2.45, 2.75) is 283 Å². The molecule has 0 bridgehead atoms. The van der Waals surface area contributed by atoms with Crippen molar-refractivity contribution in [3.63, 3.8) is 0 Å². The van der Waals surface area contributed by atoms with Gasteiger partial charge in [-0.15, -0.1) is 0 Å². The molecule has 332 valence electrons. The first-order valence-electron chi connectivity index (χ1n) is 24.9. The predicted octanol–water partition coefficient (Wildman–Crippen LogP) is 14.6. The van der Waals surface area contributed by atoms with Crippen molar-refractivity contribution in [3.05, 3.63) is 12.2 Å². The van der Waals surface area contributed by atoms with E-state index in [2.05, 4.69) is 31.3 Å². The zero-order chi connectivity index (χ0) is 40.8. The summed E-state index contributed by atoms with van der Waals surface area (Å²) in [5.74, 6) is -0.0447. The number of hydrogen-bond acceptors (Lipinski definition) is 5. The van der Waals surface area contributed by atoms with Gasteiger partial charge in [0.1, 0.15) is 0 Å². The normalized spacial score (nSPS) is 12.7. The van der Waals surface area contributed by atoms with Crippen molar-refractivity contribution in [1.82, 2.24) is 5.32 Å². The number of aliphatic hydroxyl groups excluding tert-OH is 2. The summed E-state index contributed by atoms with van der Waals surface area (Å²) < 4.78 is 5.44. The number of rotatable bonds is 46. The van der Waals surface area contributed by atoms with Gasteiger partial charge in [0.15, 0.2) is 0 Å². The number of allylic oxidation sites excluding steroid dienone is 2. The van der Waals surface area contributed by atoms with Gasteiger partial charge in [0.05, 0.1) is 25.4 Å². The standard InChI is InChI=1S/C50H97NO5/c1-3-5-7-9-11-13-23-28-32-36-40-44-50(55)56-45-41-37-33-29-25-22-20-18-16-15-17-19-21-24-27-31-35-39-43-49(54)51-47(46-52)48(53)42-38-34-30-26-14-12-10-8-6-4-2/h9,11,47-48,52-53H,3-8,10,12-46H2,1-2H3,(H,51,54)/b11-9-. The summed E-state index contributed by atoms with van der Waals surface area (Å²) in [6.45, 7) is 4.89. The van der Waals surface area contributed by atoms with Gasteiger partial charge in [-0.25, -0.2) is 0 Å². The first-order valence-corrected chi connectivity index (χ1v) is 24.9. The Kier molecular flexibility index (Phi) is 45.1. The maximum absolute atomic E-state index is 12.4. The van der Waals surface area contributed by atoms with Crippen LogP contribution in [-0.2, 0) is 14.3 Å². The summed E-state index contributed by atoms with van der Waals surface area (Å²) in [7, 11) is 0. The van der Waals surface area contributed by atoms with Crippen LogP contribution < -0.4 is 5.32 Å². The van der Waals surface area contributed by atoms with Crippen molar-refractivity contribution in [1.29, 1.82) is 0 Å². The molecule has 0 saturated carbocycles. The fraction of sp³-hybridized carbons (Fsp3) is 0.920. The van der Waals surface area contributed by atoms with Gasteiger partial charge in [0.25, 0.3) is 0 Å². The van der Waals surface area contributed by atoms with Crippen LogP contribution in [0.5, 0.6) is 0 Å². The Morgan fingerprint density at radius 2 is 0.857 bits per heavy atom. The van der Waals surface area contributed by atoms with Crippen molar-refractivity contribution >= 4 is 11.9 Å². The molecule has 0 aliphatic rings. The number of carbonyl (C=O) groups is 2. The summed E-state index contributed by atoms with van der Waals surface area (Å²) >= 11 is 0. The maximum Gasteiger partial charge on any atom is 0.305 e. The zero-order valence-corrected chi connectivity index (χ0v) is 37.6. The molecule has 0 saturated heterocycles. The highest BCUT2D eigenvalue weighted by molar-refractivity contribution is 5.76. The molecule has 0 aromatic heterocycles. The van der Waals surface area contributed by atoms with E-state index >= 15 is 0 Å². The minimum Gasteiger partial charge on any atom is -0.466 e. The van der Waals surface area contributed by atoms with Gasteiger partial charge in [-0.2, -0.15) is 0 Å². The van der Waals surface area contributed by atoms with E-state index in [1.165, 1.54) is 193 Å². The van der Waals surface area contributed by atoms with Crippen LogP contribution in [-0.4, -0.2) is 47.4 Å². The van der Waals surface area contributed by atoms with Gasteiger partial charge >= 0.3 is 5.97 Å². The molecule has 0 spiro atoms. The highest BCUT2D eigenvalue weighted by Gasteiger charge is 2.20. The largest absolute Gasteiger partial charge is 0.466 e. The lowest BCUT2D eigenvalue weighted by Gasteiger charge is -2.22. The van der Waals surface area contributed by atoms with E-state index in [1.807, 2.05) is 0 Å². The van der Waals surface area contributed by atoms with Crippen LogP contribution in [0.15, 0.2) is 12.2 Å². The first-order chi connectivity index (χ1) is 27.5. The highest BCUT2D eigenvalue weighted by atomic mass is 16.5. The first kappa shape index (κ1) is 54.6. The Morgan fingerprint density at radius 3 is 1.32 bits per heavy atom. The van der Waals surface area contributed by atoms with Crippen molar-refractivity contribution < 1.29 is 24.5 Å². The topological polar surface area (TPSA) is 95.9 Å². The lowest BCUT2D eigenvalue weighted by molar-refractivity contribution is -0.143. The summed E-state index contributed by atoms with van der Waals surface area (Å²) in [5.41, 5.74) is 0. The van der Waals surface area contributed by atoms with E-state index in [-0.39, 0.29) is 18.5 Å². The van der Waals surface area contributed by atoms with Crippen LogP contribution in [0.3, 0.4) is 0 Å². The summed E-state index contributed by atoms with van der Waals surface area (Å²) in [6, 6.07) is -0.541. The molecule has 0 heterocycles. The Labute approximate surface area is 349 Å². The van der Waals surface area contributed by atoms with E-state index in [9.17, 15) is 19.8 Å². The lowest BCUT2D eigenvalue weighted by Crippen LogP contribution is -2.45. The molecule has 2 atom stereocenters. The van der Waals surface area contributed by atoms with E-state index < -0.39 is 12.1 Å². The molecule has 1 amide bonds. The molecule has 0 aliphatic carbocycles. The van der Waals surface area contributed by atoms with Crippen LogP contribution in [0.2, 0.25) is 0 Å². The fourth-order valence-electron chi connectivity index (χ4n) is 7.68. The third-order valence-corrected chi connectivity index (χ3v) is 11.6. The number of ether oxygens (including phenoxy) is 1. The molecule has 0 radical (unpaired) electrons. The van der Waals surface area contributed by atoms with Crippen molar-refractivity contribution in [2.24, 2.45) is 0 Å². The molecule has 0 fully saturated rings. The van der Waals surface area contributed by atoms with E-state index in [1.54, 1.807) is 0 Å². The van der Waals surface area contributed by atoms with Gasteiger partial charge in [-0.1, -0.05) is 225 Å². The number of aliphatic hydroxyl groups is 2. The second-order valence-electron chi connectivity index (χ2n) is 17.1. The molecule has 56 heavy (non-hydrogen) atoms. The van der Waals surface area contributed by atoms with Gasteiger partial charge in [0, 0.05) is 12.8 Å². The number of hydrogen-bond donors (Lipinski definition) is 3. The fourth-order valence-corrected chi connectivity index (χ4v) is 7.68. The minimum atomic E-state index is -0.664. The van der Waals surface area contributed by atoms with Crippen LogP contribution in [0.25, 0.3) is 0 Å². The lowest BCUT2D eigenvalue weighted by atomic mass is 10.0. The molecule has 0 aromatic rings. The number of amides is 1. The second-order valence-corrected chi connectivity index (χ2v) is 17.1. The average molecular weight is 792 g/mol. The molecular formula is C50H97NO5.